The number of nitrogens with one attached hydrogen (secondary N) is 2. The molecule has 4 aromatic rings. The van der Waals surface area contributed by atoms with Crippen molar-refractivity contribution in [1.29, 1.82) is 0 Å². The number of para-hydroxylation sites is 1. The lowest BCUT2D eigenvalue weighted by Crippen LogP contribution is -2.12. The van der Waals surface area contributed by atoms with Crippen LogP contribution in [0.5, 0.6) is 5.75 Å². The van der Waals surface area contributed by atoms with Gasteiger partial charge in [0.2, 0.25) is 11.9 Å². The Morgan fingerprint density at radius 3 is 2.52 bits per heavy atom. The van der Waals surface area contributed by atoms with Crippen LogP contribution < -0.4 is 15.6 Å². The topological polar surface area (TPSA) is 92.8 Å². The van der Waals surface area contributed by atoms with Gasteiger partial charge in [-0.2, -0.15) is 0 Å². The van der Waals surface area contributed by atoms with Gasteiger partial charge in [0, 0.05) is 17.0 Å². The molecule has 4 rings (SSSR count). The summed E-state index contributed by atoms with van der Waals surface area (Å²) in [5, 5.41) is 4.03. The summed E-state index contributed by atoms with van der Waals surface area (Å²) >= 11 is 0. The van der Waals surface area contributed by atoms with Crippen LogP contribution in [0.25, 0.3) is 22.2 Å². The second-order valence-corrected chi connectivity index (χ2v) is 6.89. The number of rotatable bonds is 4. The summed E-state index contributed by atoms with van der Waals surface area (Å²) in [4.78, 5) is 28.5. The van der Waals surface area contributed by atoms with Crippen molar-refractivity contribution >= 4 is 22.8 Å². The first-order chi connectivity index (χ1) is 13.9. The molecule has 0 bridgehead atoms. The van der Waals surface area contributed by atoms with Crippen molar-refractivity contribution in [2.24, 2.45) is 0 Å². The third kappa shape index (κ3) is 3.67. The van der Waals surface area contributed by atoms with Gasteiger partial charge in [0.25, 0.3) is 5.56 Å². The van der Waals surface area contributed by atoms with Crippen LogP contribution in [0.15, 0.2) is 47.3 Å². The van der Waals surface area contributed by atoms with Gasteiger partial charge in [-0.15, -0.1) is 0 Å². The molecule has 0 atom stereocenters. The number of hydrogen-bond acceptors (Lipinski definition) is 6. The van der Waals surface area contributed by atoms with E-state index in [4.69, 9.17) is 4.74 Å². The highest BCUT2D eigenvalue weighted by Gasteiger charge is 2.11. The number of aromatic nitrogens is 4. The highest BCUT2D eigenvalue weighted by Crippen LogP contribution is 2.28. The molecule has 0 aliphatic carbocycles. The molecule has 0 aliphatic heterocycles. The van der Waals surface area contributed by atoms with E-state index >= 15 is 0 Å². The minimum Gasteiger partial charge on any atom is -0.496 e. The maximum Gasteiger partial charge on any atom is 0.252 e. The third-order valence-electron chi connectivity index (χ3n) is 4.86. The summed E-state index contributed by atoms with van der Waals surface area (Å²) in [6.45, 7) is 6.05. The van der Waals surface area contributed by atoms with Gasteiger partial charge in [0.15, 0.2) is 0 Å². The quantitative estimate of drug-likeness (QED) is 0.549. The normalized spacial score (nSPS) is 10.9. The summed E-state index contributed by atoms with van der Waals surface area (Å²) in [7, 11) is 1.58. The van der Waals surface area contributed by atoms with Crippen molar-refractivity contribution in [2.45, 2.75) is 20.8 Å². The summed E-state index contributed by atoms with van der Waals surface area (Å²) in [6.07, 6.45) is 0. The smallest absolute Gasteiger partial charge is 0.252 e. The minimum atomic E-state index is -0.285. The summed E-state index contributed by atoms with van der Waals surface area (Å²) < 4.78 is 5.39. The van der Waals surface area contributed by atoms with E-state index in [9.17, 15) is 4.79 Å². The molecule has 0 amide bonds. The Morgan fingerprint density at radius 1 is 0.966 bits per heavy atom. The predicted molar refractivity (Wildman–Crippen MR) is 114 cm³/mol. The molecular weight excluding hydrogens is 366 g/mol. The first kappa shape index (κ1) is 18.6. The van der Waals surface area contributed by atoms with Crippen molar-refractivity contribution in [3.05, 3.63) is 69.6 Å². The van der Waals surface area contributed by atoms with Crippen LogP contribution in [0.3, 0.4) is 0 Å². The molecule has 0 saturated heterocycles. The van der Waals surface area contributed by atoms with E-state index in [2.05, 4.69) is 45.2 Å². The fourth-order valence-electron chi connectivity index (χ4n) is 3.21. The Morgan fingerprint density at radius 2 is 1.72 bits per heavy atom. The van der Waals surface area contributed by atoms with Gasteiger partial charge in [0.1, 0.15) is 5.75 Å². The summed E-state index contributed by atoms with van der Waals surface area (Å²) in [6, 6.07) is 13.0. The molecule has 29 heavy (non-hydrogen) atoms. The zero-order valence-corrected chi connectivity index (χ0v) is 16.7. The minimum absolute atomic E-state index is 0.265. The Kier molecular flexibility index (Phi) is 4.72. The SMILES string of the molecule is COc1ccccc1-c1cc(=O)[nH]c(Nc2nc(C)c3cc(C)c(C)cc3n2)n1. The monoisotopic (exact) mass is 387 g/mol. The van der Waals surface area contributed by atoms with Crippen LogP contribution in [0.4, 0.5) is 11.9 Å². The van der Waals surface area contributed by atoms with Crippen LogP contribution in [0.1, 0.15) is 16.8 Å². The van der Waals surface area contributed by atoms with E-state index in [0.717, 1.165) is 27.7 Å². The molecule has 0 aliphatic rings. The van der Waals surface area contributed by atoms with Crippen molar-refractivity contribution in [2.75, 3.05) is 12.4 Å². The van der Waals surface area contributed by atoms with Gasteiger partial charge < -0.3 is 4.74 Å². The highest BCUT2D eigenvalue weighted by molar-refractivity contribution is 5.83. The number of anilines is 2. The molecule has 0 saturated carbocycles. The van der Waals surface area contributed by atoms with Crippen molar-refractivity contribution < 1.29 is 4.74 Å². The number of aromatic amines is 1. The van der Waals surface area contributed by atoms with Crippen molar-refractivity contribution in [3.8, 4) is 17.0 Å². The van der Waals surface area contributed by atoms with Crippen molar-refractivity contribution in [3.63, 3.8) is 0 Å². The average molecular weight is 387 g/mol. The Bertz CT molecular complexity index is 1280. The average Bonchev–Trinajstić information content (AvgIpc) is 2.69. The molecule has 0 radical (unpaired) electrons. The molecule has 2 aromatic heterocycles. The molecule has 2 heterocycles. The van der Waals surface area contributed by atoms with E-state index in [0.29, 0.717) is 17.4 Å². The van der Waals surface area contributed by atoms with Crippen LogP contribution in [0, 0.1) is 20.8 Å². The largest absolute Gasteiger partial charge is 0.496 e. The van der Waals surface area contributed by atoms with Gasteiger partial charge >= 0.3 is 0 Å². The second kappa shape index (κ2) is 7.35. The van der Waals surface area contributed by atoms with E-state index in [-0.39, 0.29) is 11.5 Å². The molecule has 0 spiro atoms. The Hall–Kier alpha value is -3.74. The molecule has 0 fully saturated rings. The predicted octanol–water partition coefficient (Wildman–Crippen LogP) is 4.06. The first-order valence-corrected chi connectivity index (χ1v) is 9.22. The maximum absolute atomic E-state index is 12.2. The Balaban J connectivity index is 1.76. The van der Waals surface area contributed by atoms with Crippen LogP contribution >= 0.6 is 0 Å². The maximum atomic E-state index is 12.2. The molecule has 7 heteroatoms. The molecule has 146 valence electrons. The lowest BCUT2D eigenvalue weighted by atomic mass is 10.1. The first-order valence-electron chi connectivity index (χ1n) is 9.22. The van der Waals surface area contributed by atoms with Gasteiger partial charge in [-0.25, -0.2) is 15.0 Å². The number of fused-ring (bicyclic) bond motifs is 1. The lowest BCUT2D eigenvalue weighted by molar-refractivity contribution is 0.416. The molecule has 0 unspecified atom stereocenters. The van der Waals surface area contributed by atoms with E-state index in [1.807, 2.05) is 37.3 Å². The van der Waals surface area contributed by atoms with Gasteiger partial charge in [-0.05, 0) is 56.2 Å². The fourth-order valence-corrected chi connectivity index (χ4v) is 3.21. The highest BCUT2D eigenvalue weighted by atomic mass is 16.5. The number of aryl methyl sites for hydroxylation is 3. The zero-order valence-electron chi connectivity index (χ0n) is 16.7. The number of H-pyrrole nitrogens is 1. The molecular formula is C22H21N5O2. The summed E-state index contributed by atoms with van der Waals surface area (Å²) in [5.41, 5.74) is 4.98. The number of nitrogens with zero attached hydrogens (tertiary/aromatic N) is 3. The number of methoxy groups -OCH3 is 1. The number of hydrogen-bond donors (Lipinski definition) is 2. The second-order valence-electron chi connectivity index (χ2n) is 6.89. The van der Waals surface area contributed by atoms with Gasteiger partial charge in [0.05, 0.1) is 24.0 Å². The van der Waals surface area contributed by atoms with E-state index in [1.165, 1.54) is 11.6 Å². The van der Waals surface area contributed by atoms with E-state index in [1.54, 1.807) is 7.11 Å². The van der Waals surface area contributed by atoms with Crippen LogP contribution in [-0.4, -0.2) is 27.0 Å². The summed E-state index contributed by atoms with van der Waals surface area (Å²) in [5.74, 6) is 1.28. The Labute approximate surface area is 167 Å². The molecule has 2 N–H and O–H groups in total. The van der Waals surface area contributed by atoms with E-state index < -0.39 is 0 Å². The van der Waals surface area contributed by atoms with Crippen LogP contribution in [0.2, 0.25) is 0 Å². The molecule has 7 nitrogen and oxygen atoms in total. The van der Waals surface area contributed by atoms with Gasteiger partial charge in [-0.3, -0.25) is 15.1 Å². The number of ether oxygens (including phenoxy) is 1. The lowest BCUT2D eigenvalue weighted by Gasteiger charge is -2.11. The third-order valence-corrected chi connectivity index (χ3v) is 4.86. The van der Waals surface area contributed by atoms with Crippen LogP contribution in [-0.2, 0) is 0 Å². The van der Waals surface area contributed by atoms with Gasteiger partial charge in [-0.1, -0.05) is 12.1 Å². The standard InChI is InChI=1S/C22H21N5O2/c1-12-9-16-14(3)23-21(24-17(16)10-13(12)2)27-22-25-18(11-20(28)26-22)15-7-5-6-8-19(15)29-4/h5-11H,1-4H3,(H2,23,24,25,26,27,28). The number of benzene rings is 2. The zero-order chi connectivity index (χ0) is 20.5. The fraction of sp³-hybridized carbons (Fsp3) is 0.182. The van der Waals surface area contributed by atoms with Crippen molar-refractivity contribution in [1.82, 2.24) is 19.9 Å². The molecule has 2 aromatic carbocycles.